The monoisotopic (exact) mass is 549 g/mol. The largest absolute Gasteiger partial charge is 0.493 e. The summed E-state index contributed by atoms with van der Waals surface area (Å²) < 4.78 is 56.6. The number of halogens is 3. The number of ether oxygens (including phenoxy) is 3. The fourth-order valence-electron chi connectivity index (χ4n) is 5.73. The van der Waals surface area contributed by atoms with E-state index in [-0.39, 0.29) is 37.4 Å². The van der Waals surface area contributed by atoms with Crippen molar-refractivity contribution in [1.29, 1.82) is 0 Å². The summed E-state index contributed by atoms with van der Waals surface area (Å²) in [6, 6.07) is 15.2. The summed E-state index contributed by atoms with van der Waals surface area (Å²) in [5, 5.41) is 10.8. The number of hydrogen-bond donors (Lipinski definition) is 1. The van der Waals surface area contributed by atoms with E-state index in [0.717, 1.165) is 11.1 Å². The minimum Gasteiger partial charge on any atom is -0.493 e. The van der Waals surface area contributed by atoms with Crippen LogP contribution >= 0.6 is 0 Å². The molecule has 2 aliphatic rings. The van der Waals surface area contributed by atoms with Crippen LogP contribution in [0.2, 0.25) is 0 Å². The first-order valence-corrected chi connectivity index (χ1v) is 13.5. The van der Waals surface area contributed by atoms with Gasteiger partial charge in [-0.1, -0.05) is 43.3 Å². The van der Waals surface area contributed by atoms with Gasteiger partial charge in [-0.3, -0.25) is 4.79 Å². The molecule has 1 saturated carbocycles. The maximum absolute atomic E-state index is 13.1. The number of benzene rings is 2. The van der Waals surface area contributed by atoms with Crippen LogP contribution in [0.5, 0.6) is 11.5 Å². The highest BCUT2D eigenvalue weighted by Crippen LogP contribution is 2.47. The molecule has 6 nitrogen and oxygen atoms in total. The van der Waals surface area contributed by atoms with Gasteiger partial charge in [0.2, 0.25) is 5.91 Å². The highest BCUT2D eigenvalue weighted by molar-refractivity contribution is 5.78. The number of hydrogen-bond acceptors (Lipinski definition) is 5. The minimum absolute atomic E-state index is 0.0440. The van der Waals surface area contributed by atoms with Gasteiger partial charge in [-0.15, -0.1) is 0 Å². The summed E-state index contributed by atoms with van der Waals surface area (Å²) in [4.78, 5) is 14.8. The van der Waals surface area contributed by atoms with Crippen LogP contribution in [0, 0.1) is 11.3 Å². The average molecular weight is 550 g/mol. The third kappa shape index (κ3) is 6.87. The van der Waals surface area contributed by atoms with E-state index in [1.54, 1.807) is 17.9 Å². The number of rotatable bonds is 9. The van der Waals surface area contributed by atoms with Crippen LogP contribution in [-0.4, -0.2) is 61.1 Å². The molecule has 0 bridgehead atoms. The number of likely N-dealkylation sites (tertiary alicyclic amines) is 1. The van der Waals surface area contributed by atoms with Crippen LogP contribution in [0.25, 0.3) is 0 Å². The van der Waals surface area contributed by atoms with E-state index >= 15 is 0 Å². The molecule has 1 amide bonds. The first kappa shape index (κ1) is 29.2. The maximum Gasteiger partial charge on any atom is 0.391 e. The molecular formula is C30H38F3NO5. The molecule has 214 valence electrons. The Kier molecular flexibility index (Phi) is 9.11. The predicted octanol–water partition coefficient (Wildman–Crippen LogP) is 5.72. The van der Waals surface area contributed by atoms with Gasteiger partial charge >= 0.3 is 6.18 Å². The Morgan fingerprint density at radius 2 is 1.79 bits per heavy atom. The standard InChI is InChI=1S/C30H38F3NO5/c1-20(35)29(2)19-34(28(36)18-38-17-21-7-5-4-6-8-21)16-25(29)22-9-14-26(37-3)27(15-22)39-24-12-10-23(11-13-24)30(31,32)33/h4-9,14-15,20,23-25,35H,10-13,16-19H2,1-3H3/t20-,23?,24?,25?,29?/m1/s1. The Labute approximate surface area is 228 Å². The van der Waals surface area contributed by atoms with Crippen molar-refractivity contribution in [2.24, 2.45) is 11.3 Å². The molecule has 2 unspecified atom stereocenters. The molecule has 4 rings (SSSR count). The zero-order valence-corrected chi connectivity index (χ0v) is 22.7. The van der Waals surface area contributed by atoms with Gasteiger partial charge < -0.3 is 24.2 Å². The summed E-state index contributed by atoms with van der Waals surface area (Å²) in [6.07, 6.45) is -4.49. The molecule has 0 aromatic heterocycles. The Bertz CT molecular complexity index is 1100. The van der Waals surface area contributed by atoms with Crippen molar-refractivity contribution in [3.05, 3.63) is 59.7 Å². The summed E-state index contributed by atoms with van der Waals surface area (Å²) in [5.74, 6) is -0.655. The molecule has 2 aromatic carbocycles. The van der Waals surface area contributed by atoms with E-state index in [0.29, 0.717) is 44.0 Å². The topological polar surface area (TPSA) is 68.2 Å². The molecule has 1 aliphatic heterocycles. The average Bonchev–Trinajstić information content (AvgIpc) is 3.28. The molecular weight excluding hydrogens is 511 g/mol. The lowest BCUT2D eigenvalue weighted by Gasteiger charge is -2.34. The fourth-order valence-corrected chi connectivity index (χ4v) is 5.73. The Morgan fingerprint density at radius 1 is 1.10 bits per heavy atom. The van der Waals surface area contributed by atoms with Crippen molar-refractivity contribution in [2.45, 2.75) is 70.4 Å². The number of carbonyl (C=O) groups excluding carboxylic acids is 1. The highest BCUT2D eigenvalue weighted by atomic mass is 19.4. The molecule has 1 saturated heterocycles. The summed E-state index contributed by atoms with van der Waals surface area (Å²) in [6.45, 7) is 4.73. The second-order valence-electron chi connectivity index (χ2n) is 11.0. The minimum atomic E-state index is -4.17. The lowest BCUT2D eigenvalue weighted by Crippen LogP contribution is -2.38. The van der Waals surface area contributed by atoms with Gasteiger partial charge in [0.25, 0.3) is 0 Å². The zero-order chi connectivity index (χ0) is 28.2. The van der Waals surface area contributed by atoms with Crippen LogP contribution in [-0.2, 0) is 16.1 Å². The van der Waals surface area contributed by atoms with Gasteiger partial charge in [-0.05, 0) is 55.9 Å². The quantitative estimate of drug-likeness (QED) is 0.433. The molecule has 2 aromatic rings. The Morgan fingerprint density at radius 3 is 2.41 bits per heavy atom. The number of methoxy groups -OCH3 is 1. The van der Waals surface area contributed by atoms with Gasteiger partial charge in [0.15, 0.2) is 11.5 Å². The first-order chi connectivity index (χ1) is 18.5. The summed E-state index contributed by atoms with van der Waals surface area (Å²) in [5.41, 5.74) is 1.24. The third-order valence-corrected chi connectivity index (χ3v) is 8.40. The Balaban J connectivity index is 1.46. The second-order valence-corrected chi connectivity index (χ2v) is 11.0. The van der Waals surface area contributed by atoms with Crippen molar-refractivity contribution in [3.8, 4) is 11.5 Å². The molecule has 1 aliphatic carbocycles. The van der Waals surface area contributed by atoms with Crippen LogP contribution in [0.15, 0.2) is 48.5 Å². The number of aliphatic hydroxyl groups excluding tert-OH is 1. The molecule has 0 radical (unpaired) electrons. The van der Waals surface area contributed by atoms with E-state index in [9.17, 15) is 23.1 Å². The van der Waals surface area contributed by atoms with Crippen molar-refractivity contribution >= 4 is 5.91 Å². The fraction of sp³-hybridized carbons (Fsp3) is 0.567. The van der Waals surface area contributed by atoms with Gasteiger partial charge in [-0.2, -0.15) is 13.2 Å². The molecule has 39 heavy (non-hydrogen) atoms. The van der Waals surface area contributed by atoms with Crippen LogP contribution in [0.3, 0.4) is 0 Å². The zero-order valence-electron chi connectivity index (χ0n) is 22.7. The van der Waals surface area contributed by atoms with E-state index < -0.39 is 23.6 Å². The van der Waals surface area contributed by atoms with Crippen molar-refractivity contribution < 1.29 is 37.3 Å². The van der Waals surface area contributed by atoms with Crippen LogP contribution < -0.4 is 9.47 Å². The summed E-state index contributed by atoms with van der Waals surface area (Å²) in [7, 11) is 1.52. The first-order valence-electron chi connectivity index (χ1n) is 13.5. The van der Waals surface area contributed by atoms with E-state index in [2.05, 4.69) is 0 Å². The molecule has 2 fully saturated rings. The number of amides is 1. The lowest BCUT2D eigenvalue weighted by atomic mass is 9.72. The number of nitrogens with zero attached hydrogens (tertiary/aromatic N) is 1. The van der Waals surface area contributed by atoms with Gasteiger partial charge in [0.1, 0.15) is 6.61 Å². The van der Waals surface area contributed by atoms with Gasteiger partial charge in [-0.25, -0.2) is 0 Å². The van der Waals surface area contributed by atoms with E-state index in [1.165, 1.54) is 7.11 Å². The molecule has 0 spiro atoms. The lowest BCUT2D eigenvalue weighted by molar-refractivity contribution is -0.185. The normalized spacial score (nSPS) is 26.3. The SMILES string of the molecule is COc1ccc(C2CN(C(=O)COCc3ccccc3)CC2(C)[C@@H](C)O)cc1OC1CCC(C(F)(F)F)CC1. The van der Waals surface area contributed by atoms with E-state index in [1.807, 2.05) is 49.4 Å². The van der Waals surface area contributed by atoms with E-state index in [4.69, 9.17) is 14.2 Å². The van der Waals surface area contributed by atoms with Gasteiger partial charge in [0, 0.05) is 24.4 Å². The Hall–Kier alpha value is -2.78. The maximum atomic E-state index is 13.1. The van der Waals surface area contributed by atoms with Crippen LogP contribution in [0.4, 0.5) is 13.2 Å². The van der Waals surface area contributed by atoms with Crippen LogP contribution in [0.1, 0.15) is 56.6 Å². The smallest absolute Gasteiger partial charge is 0.391 e. The highest BCUT2D eigenvalue weighted by Gasteiger charge is 2.48. The van der Waals surface area contributed by atoms with Crippen molar-refractivity contribution in [1.82, 2.24) is 4.90 Å². The molecule has 3 atom stereocenters. The predicted molar refractivity (Wildman–Crippen MR) is 141 cm³/mol. The van der Waals surface area contributed by atoms with Crippen molar-refractivity contribution in [2.75, 3.05) is 26.8 Å². The van der Waals surface area contributed by atoms with Gasteiger partial charge in [0.05, 0.1) is 31.8 Å². The van der Waals surface area contributed by atoms with Crippen molar-refractivity contribution in [3.63, 3.8) is 0 Å². The number of alkyl halides is 3. The number of aliphatic hydroxyl groups is 1. The third-order valence-electron chi connectivity index (χ3n) is 8.40. The summed E-state index contributed by atoms with van der Waals surface area (Å²) >= 11 is 0. The molecule has 1 heterocycles. The molecule has 9 heteroatoms. The second kappa shape index (κ2) is 12.2. The molecule has 1 N–H and O–H groups in total. The number of carbonyl (C=O) groups is 1.